The molecular weight excluding hydrogens is 372 g/mol. The SMILES string of the molecule is O=C(O)c1ccc(CN2C(=O)S/C(=C/c3ccccc3[N+](=O)[O-])C2=O)cc1. The summed E-state index contributed by atoms with van der Waals surface area (Å²) in [7, 11) is 0. The number of carbonyl (C=O) groups excluding carboxylic acids is 2. The molecule has 27 heavy (non-hydrogen) atoms. The second-order valence-corrected chi connectivity index (χ2v) is 6.58. The average Bonchev–Trinajstić information content (AvgIpc) is 2.90. The topological polar surface area (TPSA) is 118 Å². The van der Waals surface area contributed by atoms with Gasteiger partial charge in [0, 0.05) is 6.07 Å². The molecule has 9 heteroatoms. The molecule has 3 rings (SSSR count). The molecule has 2 aromatic rings. The molecule has 0 spiro atoms. The van der Waals surface area contributed by atoms with E-state index in [-0.39, 0.29) is 28.3 Å². The van der Waals surface area contributed by atoms with Gasteiger partial charge in [0.05, 0.1) is 27.5 Å². The Morgan fingerprint density at radius 3 is 2.44 bits per heavy atom. The molecule has 136 valence electrons. The zero-order valence-electron chi connectivity index (χ0n) is 13.7. The minimum atomic E-state index is -1.07. The van der Waals surface area contributed by atoms with Crippen LogP contribution in [0.25, 0.3) is 6.08 Å². The molecule has 0 unspecified atom stereocenters. The fourth-order valence-electron chi connectivity index (χ4n) is 2.49. The number of nitrogens with zero attached hydrogens (tertiary/aromatic N) is 2. The monoisotopic (exact) mass is 384 g/mol. The standard InChI is InChI=1S/C18H12N2O6S/c21-16-15(9-13-3-1-2-4-14(13)20(25)26)27-18(24)19(16)10-11-5-7-12(8-6-11)17(22)23/h1-9H,10H2,(H,22,23)/b15-9+. The van der Waals surface area contributed by atoms with Gasteiger partial charge in [-0.3, -0.25) is 24.6 Å². The number of hydrogen-bond donors (Lipinski definition) is 1. The predicted octanol–water partition coefficient (Wildman–Crippen LogP) is 3.53. The van der Waals surface area contributed by atoms with Crippen molar-refractivity contribution in [2.75, 3.05) is 0 Å². The Morgan fingerprint density at radius 1 is 1.15 bits per heavy atom. The second kappa shape index (κ2) is 7.42. The van der Waals surface area contributed by atoms with Crippen molar-refractivity contribution in [1.82, 2.24) is 4.90 Å². The molecule has 0 aliphatic carbocycles. The van der Waals surface area contributed by atoms with Crippen LogP contribution in [0, 0.1) is 10.1 Å². The molecule has 1 saturated heterocycles. The highest BCUT2D eigenvalue weighted by atomic mass is 32.2. The largest absolute Gasteiger partial charge is 0.478 e. The summed E-state index contributed by atoms with van der Waals surface area (Å²) in [5.74, 6) is -1.62. The van der Waals surface area contributed by atoms with E-state index in [4.69, 9.17) is 5.11 Å². The van der Waals surface area contributed by atoms with Gasteiger partial charge in [0.25, 0.3) is 16.8 Å². The molecule has 1 heterocycles. The number of carbonyl (C=O) groups is 3. The highest BCUT2D eigenvalue weighted by Crippen LogP contribution is 2.34. The van der Waals surface area contributed by atoms with Gasteiger partial charge >= 0.3 is 5.97 Å². The molecule has 0 saturated carbocycles. The van der Waals surface area contributed by atoms with Crippen LogP contribution in [0.3, 0.4) is 0 Å². The molecule has 2 aromatic carbocycles. The number of imide groups is 1. The fourth-order valence-corrected chi connectivity index (χ4v) is 3.32. The van der Waals surface area contributed by atoms with E-state index in [0.29, 0.717) is 17.3 Å². The summed E-state index contributed by atoms with van der Waals surface area (Å²) < 4.78 is 0. The van der Waals surface area contributed by atoms with Crippen molar-refractivity contribution in [1.29, 1.82) is 0 Å². The Kier molecular flexibility index (Phi) is 5.04. The first-order chi connectivity index (χ1) is 12.9. The molecule has 1 N–H and O–H groups in total. The molecular formula is C18H12N2O6S. The van der Waals surface area contributed by atoms with Gasteiger partial charge in [-0.25, -0.2) is 4.79 Å². The van der Waals surface area contributed by atoms with Crippen LogP contribution in [0.1, 0.15) is 21.5 Å². The molecule has 0 aromatic heterocycles. The van der Waals surface area contributed by atoms with Gasteiger partial charge in [-0.15, -0.1) is 0 Å². The third-order valence-corrected chi connectivity index (χ3v) is 4.74. The third kappa shape index (κ3) is 3.87. The Morgan fingerprint density at radius 2 is 1.81 bits per heavy atom. The van der Waals surface area contributed by atoms with E-state index in [2.05, 4.69) is 0 Å². The summed E-state index contributed by atoms with van der Waals surface area (Å²) in [5.41, 5.74) is 0.769. The molecule has 0 radical (unpaired) electrons. The molecule has 1 aliphatic rings. The number of benzene rings is 2. The van der Waals surface area contributed by atoms with Crippen LogP contribution < -0.4 is 0 Å². The van der Waals surface area contributed by atoms with Crippen LogP contribution in [0.5, 0.6) is 0 Å². The zero-order valence-corrected chi connectivity index (χ0v) is 14.5. The lowest BCUT2D eigenvalue weighted by Crippen LogP contribution is -2.27. The Hall–Kier alpha value is -3.46. The number of thioether (sulfide) groups is 1. The number of hydrogen-bond acceptors (Lipinski definition) is 6. The van der Waals surface area contributed by atoms with Crippen LogP contribution in [-0.4, -0.2) is 32.0 Å². The van der Waals surface area contributed by atoms with Crippen molar-refractivity contribution in [3.8, 4) is 0 Å². The third-order valence-electron chi connectivity index (χ3n) is 3.84. The van der Waals surface area contributed by atoms with Crippen LogP contribution in [0.15, 0.2) is 53.4 Å². The van der Waals surface area contributed by atoms with E-state index in [1.54, 1.807) is 6.07 Å². The number of aromatic carboxylic acids is 1. The smallest absolute Gasteiger partial charge is 0.335 e. The van der Waals surface area contributed by atoms with Crippen molar-refractivity contribution in [2.24, 2.45) is 0 Å². The Bertz CT molecular complexity index is 984. The quantitative estimate of drug-likeness (QED) is 0.476. The summed E-state index contributed by atoms with van der Waals surface area (Å²) in [6.45, 7) is -0.0151. The van der Waals surface area contributed by atoms with Gasteiger partial charge in [0.2, 0.25) is 0 Å². The molecule has 8 nitrogen and oxygen atoms in total. The minimum absolute atomic E-state index is 0.0151. The zero-order chi connectivity index (χ0) is 19.6. The molecule has 0 bridgehead atoms. The number of carboxylic acids is 1. The number of rotatable bonds is 5. The minimum Gasteiger partial charge on any atom is -0.478 e. The van der Waals surface area contributed by atoms with Crippen molar-refractivity contribution in [3.63, 3.8) is 0 Å². The van der Waals surface area contributed by atoms with E-state index in [9.17, 15) is 24.5 Å². The maximum Gasteiger partial charge on any atom is 0.335 e. The van der Waals surface area contributed by atoms with Gasteiger partial charge < -0.3 is 5.11 Å². The number of carboxylic acid groups (broad SMARTS) is 1. The summed E-state index contributed by atoms with van der Waals surface area (Å²) in [6, 6.07) is 11.8. The maximum atomic E-state index is 12.5. The van der Waals surface area contributed by atoms with E-state index >= 15 is 0 Å². The van der Waals surface area contributed by atoms with Crippen LogP contribution in [-0.2, 0) is 11.3 Å². The average molecular weight is 384 g/mol. The van der Waals surface area contributed by atoms with Crippen molar-refractivity contribution in [2.45, 2.75) is 6.54 Å². The van der Waals surface area contributed by atoms with Crippen molar-refractivity contribution >= 4 is 40.6 Å². The van der Waals surface area contributed by atoms with Crippen LogP contribution in [0.2, 0.25) is 0 Å². The van der Waals surface area contributed by atoms with E-state index in [1.165, 1.54) is 48.5 Å². The van der Waals surface area contributed by atoms with E-state index in [0.717, 1.165) is 4.90 Å². The van der Waals surface area contributed by atoms with Crippen molar-refractivity contribution in [3.05, 3.63) is 80.2 Å². The lowest BCUT2D eigenvalue weighted by Gasteiger charge is -2.12. The lowest BCUT2D eigenvalue weighted by atomic mass is 10.1. The van der Waals surface area contributed by atoms with Gasteiger partial charge in [0.15, 0.2) is 0 Å². The van der Waals surface area contributed by atoms with E-state index < -0.39 is 22.0 Å². The van der Waals surface area contributed by atoms with Crippen LogP contribution >= 0.6 is 11.8 Å². The maximum absolute atomic E-state index is 12.5. The molecule has 1 aliphatic heterocycles. The fraction of sp³-hybridized carbons (Fsp3) is 0.0556. The first kappa shape index (κ1) is 18.3. The molecule has 0 atom stereocenters. The Balaban J connectivity index is 1.83. The molecule has 1 fully saturated rings. The predicted molar refractivity (Wildman–Crippen MR) is 98.0 cm³/mol. The summed E-state index contributed by atoms with van der Waals surface area (Å²) >= 11 is 0.706. The van der Waals surface area contributed by atoms with Gasteiger partial charge in [-0.1, -0.05) is 24.3 Å². The summed E-state index contributed by atoms with van der Waals surface area (Å²) in [4.78, 5) is 47.2. The Labute approximate surface area is 157 Å². The highest BCUT2D eigenvalue weighted by molar-refractivity contribution is 8.18. The highest BCUT2D eigenvalue weighted by Gasteiger charge is 2.35. The first-order valence-electron chi connectivity index (χ1n) is 7.68. The number of nitro benzene ring substituents is 1. The summed E-state index contributed by atoms with van der Waals surface area (Å²) in [6.07, 6.45) is 1.33. The number of para-hydroxylation sites is 1. The number of amides is 2. The first-order valence-corrected chi connectivity index (χ1v) is 8.49. The second-order valence-electron chi connectivity index (χ2n) is 5.59. The van der Waals surface area contributed by atoms with Gasteiger partial charge in [-0.05, 0) is 41.6 Å². The van der Waals surface area contributed by atoms with Crippen molar-refractivity contribution < 1.29 is 24.4 Å². The van der Waals surface area contributed by atoms with E-state index in [1.807, 2.05) is 0 Å². The van der Waals surface area contributed by atoms with Gasteiger partial charge in [-0.2, -0.15) is 0 Å². The summed E-state index contributed by atoms with van der Waals surface area (Å²) in [5, 5.41) is 19.5. The lowest BCUT2D eigenvalue weighted by molar-refractivity contribution is -0.385. The normalized spacial score (nSPS) is 15.4. The van der Waals surface area contributed by atoms with Gasteiger partial charge in [0.1, 0.15) is 0 Å². The van der Waals surface area contributed by atoms with Crippen LogP contribution in [0.4, 0.5) is 10.5 Å². The molecule has 2 amide bonds. The number of nitro groups is 1.